The van der Waals surface area contributed by atoms with Gasteiger partial charge in [0, 0.05) is 18.5 Å². The normalized spacial score (nSPS) is 24.6. The quantitative estimate of drug-likeness (QED) is 0.879. The van der Waals surface area contributed by atoms with Gasteiger partial charge in [-0.2, -0.15) is 0 Å². The molecule has 4 heteroatoms. The molecule has 0 aromatic heterocycles. The van der Waals surface area contributed by atoms with Crippen LogP contribution in [0.4, 0.5) is 0 Å². The zero-order chi connectivity index (χ0) is 15.9. The predicted molar refractivity (Wildman–Crippen MR) is 83.6 cm³/mol. The Hall–Kier alpha value is -1.84. The minimum absolute atomic E-state index is 0.0442. The van der Waals surface area contributed by atoms with Crippen molar-refractivity contribution in [3.8, 4) is 0 Å². The molecular weight excluding hydrogens is 278 g/mol. The zero-order valence-electron chi connectivity index (χ0n) is 13.2. The third kappa shape index (κ3) is 3.01. The number of benzene rings is 1. The SMILES string of the molecule is Cc1ccccc1[C@@H]1C[C@H]1C(=O)N(C[C@H](C)C(=O)O)C1CC1. The maximum absolute atomic E-state index is 12.8. The summed E-state index contributed by atoms with van der Waals surface area (Å²) in [5, 5.41) is 9.10. The lowest BCUT2D eigenvalue weighted by atomic mass is 10.0. The van der Waals surface area contributed by atoms with E-state index in [4.69, 9.17) is 5.11 Å². The first kappa shape index (κ1) is 15.1. The monoisotopic (exact) mass is 301 g/mol. The summed E-state index contributed by atoms with van der Waals surface area (Å²) in [6.07, 6.45) is 2.92. The summed E-state index contributed by atoms with van der Waals surface area (Å²) >= 11 is 0. The first-order valence-corrected chi connectivity index (χ1v) is 8.08. The number of carbonyl (C=O) groups is 2. The van der Waals surface area contributed by atoms with Crippen LogP contribution < -0.4 is 0 Å². The highest BCUT2D eigenvalue weighted by atomic mass is 16.4. The summed E-state index contributed by atoms with van der Waals surface area (Å²) in [6.45, 7) is 4.10. The molecule has 0 aliphatic heterocycles. The van der Waals surface area contributed by atoms with Crippen LogP contribution >= 0.6 is 0 Å². The van der Waals surface area contributed by atoms with E-state index in [2.05, 4.69) is 19.1 Å². The van der Waals surface area contributed by atoms with Gasteiger partial charge < -0.3 is 10.0 Å². The molecule has 1 aromatic rings. The number of rotatable bonds is 6. The van der Waals surface area contributed by atoms with Crippen molar-refractivity contribution in [2.75, 3.05) is 6.54 Å². The van der Waals surface area contributed by atoms with E-state index in [-0.39, 0.29) is 17.9 Å². The van der Waals surface area contributed by atoms with Gasteiger partial charge in [0.25, 0.3) is 0 Å². The van der Waals surface area contributed by atoms with Gasteiger partial charge in [-0.3, -0.25) is 9.59 Å². The number of carboxylic acid groups (broad SMARTS) is 1. The van der Waals surface area contributed by atoms with Gasteiger partial charge in [-0.15, -0.1) is 0 Å². The van der Waals surface area contributed by atoms with Crippen molar-refractivity contribution in [3.63, 3.8) is 0 Å². The van der Waals surface area contributed by atoms with Gasteiger partial charge in [-0.1, -0.05) is 31.2 Å². The third-order valence-corrected chi connectivity index (χ3v) is 4.86. The molecule has 1 aromatic carbocycles. The van der Waals surface area contributed by atoms with E-state index in [9.17, 15) is 9.59 Å². The second kappa shape index (κ2) is 5.75. The number of nitrogens with zero attached hydrogens (tertiary/aromatic N) is 1. The van der Waals surface area contributed by atoms with Gasteiger partial charge in [-0.25, -0.2) is 0 Å². The number of carbonyl (C=O) groups excluding carboxylic acids is 1. The van der Waals surface area contributed by atoms with Crippen LogP contribution in [-0.2, 0) is 9.59 Å². The Morgan fingerprint density at radius 3 is 2.59 bits per heavy atom. The van der Waals surface area contributed by atoms with E-state index < -0.39 is 11.9 Å². The number of amides is 1. The Balaban J connectivity index is 1.68. The highest BCUT2D eigenvalue weighted by molar-refractivity contribution is 5.84. The Bertz CT molecular complexity index is 594. The van der Waals surface area contributed by atoms with Crippen molar-refractivity contribution in [1.82, 2.24) is 4.90 Å². The van der Waals surface area contributed by atoms with Crippen molar-refractivity contribution in [3.05, 3.63) is 35.4 Å². The number of aliphatic carboxylic acids is 1. The van der Waals surface area contributed by atoms with Crippen molar-refractivity contribution in [2.24, 2.45) is 11.8 Å². The topological polar surface area (TPSA) is 57.6 Å². The van der Waals surface area contributed by atoms with E-state index in [1.54, 1.807) is 6.92 Å². The van der Waals surface area contributed by atoms with Gasteiger partial charge in [-0.05, 0) is 43.2 Å². The molecule has 4 nitrogen and oxygen atoms in total. The molecule has 22 heavy (non-hydrogen) atoms. The summed E-state index contributed by atoms with van der Waals surface area (Å²) < 4.78 is 0. The first-order chi connectivity index (χ1) is 10.5. The number of hydrogen-bond acceptors (Lipinski definition) is 2. The van der Waals surface area contributed by atoms with Crippen molar-refractivity contribution < 1.29 is 14.7 Å². The van der Waals surface area contributed by atoms with E-state index in [0.29, 0.717) is 12.5 Å². The minimum atomic E-state index is -0.829. The lowest BCUT2D eigenvalue weighted by molar-refractivity contribution is -0.143. The molecule has 0 saturated heterocycles. The molecule has 0 spiro atoms. The molecular formula is C18H23NO3. The lowest BCUT2D eigenvalue weighted by Gasteiger charge is -2.24. The van der Waals surface area contributed by atoms with Crippen LogP contribution in [0.15, 0.2) is 24.3 Å². The molecule has 1 amide bonds. The van der Waals surface area contributed by atoms with Crippen LogP contribution in [0.2, 0.25) is 0 Å². The number of aryl methyl sites for hydroxylation is 1. The van der Waals surface area contributed by atoms with E-state index in [0.717, 1.165) is 19.3 Å². The smallest absolute Gasteiger partial charge is 0.308 e. The van der Waals surface area contributed by atoms with E-state index in [1.807, 2.05) is 17.0 Å². The Labute approximate surface area is 131 Å². The van der Waals surface area contributed by atoms with E-state index >= 15 is 0 Å². The standard InChI is InChI=1S/C18H23NO3/c1-11-5-3-4-6-14(11)15-9-16(15)17(20)19(13-7-8-13)10-12(2)18(21)22/h3-6,12-13,15-16H,7-10H2,1-2H3,(H,21,22)/t12-,15-,16+/m0/s1. The van der Waals surface area contributed by atoms with Gasteiger partial charge in [0.05, 0.1) is 5.92 Å². The predicted octanol–water partition coefficient (Wildman–Crippen LogP) is 2.81. The molecule has 2 aliphatic carbocycles. The summed E-state index contributed by atoms with van der Waals surface area (Å²) in [6, 6.07) is 8.50. The minimum Gasteiger partial charge on any atom is -0.481 e. The maximum atomic E-state index is 12.8. The van der Waals surface area contributed by atoms with Crippen LogP contribution in [0, 0.1) is 18.8 Å². The number of carboxylic acids is 1. The second-order valence-corrected chi connectivity index (χ2v) is 6.77. The first-order valence-electron chi connectivity index (χ1n) is 8.08. The van der Waals surface area contributed by atoms with Gasteiger partial charge in [0.2, 0.25) is 5.91 Å². The molecule has 1 N–H and O–H groups in total. The van der Waals surface area contributed by atoms with Gasteiger partial charge >= 0.3 is 5.97 Å². The Morgan fingerprint density at radius 1 is 1.32 bits per heavy atom. The Morgan fingerprint density at radius 2 is 2.00 bits per heavy atom. The second-order valence-electron chi connectivity index (χ2n) is 6.77. The van der Waals surface area contributed by atoms with Crippen LogP contribution in [0.5, 0.6) is 0 Å². The third-order valence-electron chi connectivity index (χ3n) is 4.86. The summed E-state index contributed by atoms with van der Waals surface area (Å²) in [7, 11) is 0. The molecule has 2 saturated carbocycles. The summed E-state index contributed by atoms with van der Waals surface area (Å²) in [5.41, 5.74) is 2.50. The van der Waals surface area contributed by atoms with Gasteiger partial charge in [0.1, 0.15) is 0 Å². The highest BCUT2D eigenvalue weighted by Crippen LogP contribution is 2.50. The molecule has 0 heterocycles. The van der Waals surface area contributed by atoms with Crippen molar-refractivity contribution in [2.45, 2.75) is 45.1 Å². The Kier molecular flexibility index (Phi) is 3.94. The summed E-state index contributed by atoms with van der Waals surface area (Å²) in [4.78, 5) is 25.7. The zero-order valence-corrected chi connectivity index (χ0v) is 13.2. The van der Waals surface area contributed by atoms with Crippen LogP contribution in [-0.4, -0.2) is 34.5 Å². The van der Waals surface area contributed by atoms with E-state index in [1.165, 1.54) is 11.1 Å². The van der Waals surface area contributed by atoms with Crippen LogP contribution in [0.1, 0.15) is 43.2 Å². The highest BCUT2D eigenvalue weighted by Gasteiger charge is 2.48. The van der Waals surface area contributed by atoms with Crippen molar-refractivity contribution in [1.29, 1.82) is 0 Å². The largest absolute Gasteiger partial charge is 0.481 e. The molecule has 2 fully saturated rings. The molecule has 3 rings (SSSR count). The number of hydrogen-bond donors (Lipinski definition) is 1. The molecule has 0 bridgehead atoms. The molecule has 0 unspecified atom stereocenters. The fourth-order valence-corrected chi connectivity index (χ4v) is 3.21. The summed E-state index contributed by atoms with van der Waals surface area (Å²) in [5.74, 6) is -0.813. The van der Waals surface area contributed by atoms with Gasteiger partial charge in [0.15, 0.2) is 0 Å². The van der Waals surface area contributed by atoms with Crippen LogP contribution in [0.3, 0.4) is 0 Å². The lowest BCUT2D eigenvalue weighted by Crippen LogP contribution is -2.39. The van der Waals surface area contributed by atoms with Crippen molar-refractivity contribution >= 4 is 11.9 Å². The fraction of sp³-hybridized carbons (Fsp3) is 0.556. The maximum Gasteiger partial charge on any atom is 0.308 e. The fourth-order valence-electron chi connectivity index (χ4n) is 3.21. The van der Waals surface area contributed by atoms with Crippen LogP contribution in [0.25, 0.3) is 0 Å². The average Bonchev–Trinajstić information content (AvgIpc) is 3.37. The molecule has 118 valence electrons. The molecule has 2 aliphatic rings. The molecule has 3 atom stereocenters. The molecule has 0 radical (unpaired) electrons. The average molecular weight is 301 g/mol.